The van der Waals surface area contributed by atoms with Crippen LogP contribution in [0.5, 0.6) is 0 Å². The number of hydrogen-bond donors (Lipinski definition) is 1. The SMILES string of the molecule is CS(=O)(=O)CCCNCC=Cc1ccccc1. The molecule has 0 aliphatic carbocycles. The smallest absolute Gasteiger partial charge is 0.147 e. The quantitative estimate of drug-likeness (QED) is 0.753. The van der Waals surface area contributed by atoms with E-state index in [4.69, 9.17) is 0 Å². The van der Waals surface area contributed by atoms with Crippen molar-refractivity contribution in [2.45, 2.75) is 6.42 Å². The van der Waals surface area contributed by atoms with Gasteiger partial charge >= 0.3 is 0 Å². The van der Waals surface area contributed by atoms with E-state index in [9.17, 15) is 8.42 Å². The zero-order valence-electron chi connectivity index (χ0n) is 10.1. The van der Waals surface area contributed by atoms with Gasteiger partial charge in [-0.15, -0.1) is 0 Å². The molecule has 0 spiro atoms. The van der Waals surface area contributed by atoms with E-state index in [2.05, 4.69) is 5.32 Å². The molecule has 0 saturated carbocycles. The summed E-state index contributed by atoms with van der Waals surface area (Å²) < 4.78 is 21.7. The van der Waals surface area contributed by atoms with Crippen LogP contribution in [0.4, 0.5) is 0 Å². The van der Waals surface area contributed by atoms with E-state index in [1.165, 1.54) is 11.8 Å². The van der Waals surface area contributed by atoms with Crippen molar-refractivity contribution in [2.75, 3.05) is 25.1 Å². The molecule has 0 aromatic heterocycles. The number of nitrogens with one attached hydrogen (secondary N) is 1. The van der Waals surface area contributed by atoms with Gasteiger partial charge in [-0.2, -0.15) is 0 Å². The van der Waals surface area contributed by atoms with Gasteiger partial charge in [0.05, 0.1) is 5.75 Å². The van der Waals surface area contributed by atoms with Crippen LogP contribution in [-0.2, 0) is 9.84 Å². The van der Waals surface area contributed by atoms with Gasteiger partial charge in [0.2, 0.25) is 0 Å². The highest BCUT2D eigenvalue weighted by atomic mass is 32.2. The first kappa shape index (κ1) is 13.9. The minimum atomic E-state index is -2.82. The molecule has 0 fully saturated rings. The van der Waals surface area contributed by atoms with Crippen molar-refractivity contribution in [1.29, 1.82) is 0 Å². The molecule has 4 heteroatoms. The molecule has 1 N–H and O–H groups in total. The molecule has 1 rings (SSSR count). The summed E-state index contributed by atoms with van der Waals surface area (Å²) in [6.07, 6.45) is 6.01. The molecular weight excluding hydrogens is 234 g/mol. The maximum Gasteiger partial charge on any atom is 0.147 e. The number of benzene rings is 1. The molecule has 94 valence electrons. The van der Waals surface area contributed by atoms with E-state index < -0.39 is 9.84 Å². The van der Waals surface area contributed by atoms with Gasteiger partial charge in [-0.25, -0.2) is 8.42 Å². The molecular formula is C13H19NO2S. The van der Waals surface area contributed by atoms with Gasteiger partial charge in [-0.05, 0) is 18.5 Å². The summed E-state index contributed by atoms with van der Waals surface area (Å²) in [5.74, 6) is 0.252. The Bertz CT molecular complexity index is 438. The normalized spacial score (nSPS) is 12.1. The fourth-order valence-electron chi connectivity index (χ4n) is 1.40. The second-order valence-electron chi connectivity index (χ2n) is 4.00. The lowest BCUT2D eigenvalue weighted by molar-refractivity contribution is 0.596. The van der Waals surface area contributed by atoms with Gasteiger partial charge in [-0.1, -0.05) is 42.5 Å². The molecule has 0 heterocycles. The zero-order chi connectivity index (χ0) is 12.6. The van der Waals surface area contributed by atoms with Crippen LogP contribution >= 0.6 is 0 Å². The summed E-state index contributed by atoms with van der Waals surface area (Å²) in [7, 11) is -2.82. The number of rotatable bonds is 7. The number of hydrogen-bond acceptors (Lipinski definition) is 3. The average molecular weight is 253 g/mol. The van der Waals surface area contributed by atoms with E-state index in [-0.39, 0.29) is 5.75 Å². The first-order valence-corrected chi connectivity index (χ1v) is 7.74. The monoisotopic (exact) mass is 253 g/mol. The third kappa shape index (κ3) is 7.71. The molecule has 0 bridgehead atoms. The molecule has 1 aromatic rings. The number of sulfone groups is 1. The molecule has 0 radical (unpaired) electrons. The minimum absolute atomic E-state index is 0.252. The Hall–Kier alpha value is -1.13. The summed E-state index contributed by atoms with van der Waals surface area (Å²) in [6.45, 7) is 1.49. The summed E-state index contributed by atoms with van der Waals surface area (Å²) in [5, 5.41) is 3.18. The van der Waals surface area contributed by atoms with Gasteiger partial charge in [0.25, 0.3) is 0 Å². The topological polar surface area (TPSA) is 46.2 Å². The van der Waals surface area contributed by atoms with Crippen molar-refractivity contribution in [3.8, 4) is 0 Å². The Morgan fingerprint density at radius 3 is 2.59 bits per heavy atom. The zero-order valence-corrected chi connectivity index (χ0v) is 10.9. The standard InChI is InChI=1S/C13H19NO2S/c1-17(15,16)12-6-11-14-10-5-9-13-7-3-2-4-8-13/h2-5,7-9,14H,6,10-12H2,1H3. The highest BCUT2D eigenvalue weighted by Crippen LogP contribution is 1.99. The molecule has 0 aliphatic heterocycles. The third-order valence-corrected chi connectivity index (χ3v) is 3.27. The van der Waals surface area contributed by atoms with Crippen molar-refractivity contribution >= 4 is 15.9 Å². The predicted octanol–water partition coefficient (Wildman–Crippen LogP) is 1.72. The highest BCUT2D eigenvalue weighted by Gasteiger charge is 1.99. The maximum atomic E-state index is 10.9. The Balaban J connectivity index is 2.11. The van der Waals surface area contributed by atoms with Crippen molar-refractivity contribution < 1.29 is 8.42 Å². The lowest BCUT2D eigenvalue weighted by Gasteiger charge is -2.00. The first-order valence-electron chi connectivity index (χ1n) is 5.68. The molecule has 3 nitrogen and oxygen atoms in total. The van der Waals surface area contributed by atoms with Crippen LogP contribution < -0.4 is 5.32 Å². The van der Waals surface area contributed by atoms with Crippen molar-refractivity contribution in [1.82, 2.24) is 5.32 Å². The third-order valence-electron chi connectivity index (χ3n) is 2.24. The van der Waals surface area contributed by atoms with Crippen LogP contribution in [0.2, 0.25) is 0 Å². The van der Waals surface area contributed by atoms with Crippen LogP contribution in [0.3, 0.4) is 0 Å². The molecule has 17 heavy (non-hydrogen) atoms. The van der Waals surface area contributed by atoms with Crippen LogP contribution in [0.15, 0.2) is 36.4 Å². The fraction of sp³-hybridized carbons (Fsp3) is 0.385. The van der Waals surface area contributed by atoms with Gasteiger partial charge in [0.1, 0.15) is 9.84 Å². The minimum Gasteiger partial charge on any atom is -0.313 e. The maximum absolute atomic E-state index is 10.9. The Labute approximate surface area is 103 Å². The van der Waals surface area contributed by atoms with Crippen LogP contribution in [0.1, 0.15) is 12.0 Å². The first-order chi connectivity index (χ1) is 8.08. The van der Waals surface area contributed by atoms with Crippen molar-refractivity contribution in [3.63, 3.8) is 0 Å². The van der Waals surface area contributed by atoms with E-state index in [1.807, 2.05) is 42.5 Å². The Morgan fingerprint density at radius 2 is 1.94 bits per heavy atom. The van der Waals surface area contributed by atoms with Crippen LogP contribution in [0.25, 0.3) is 6.08 Å². The van der Waals surface area contributed by atoms with E-state index in [0.717, 1.165) is 13.1 Å². The van der Waals surface area contributed by atoms with Gasteiger partial charge < -0.3 is 5.32 Å². The van der Waals surface area contributed by atoms with Crippen molar-refractivity contribution in [3.05, 3.63) is 42.0 Å². The highest BCUT2D eigenvalue weighted by molar-refractivity contribution is 7.90. The summed E-state index contributed by atoms with van der Waals surface area (Å²) in [5.41, 5.74) is 1.17. The lowest BCUT2D eigenvalue weighted by atomic mass is 10.2. The molecule has 0 saturated heterocycles. The van der Waals surface area contributed by atoms with Crippen LogP contribution in [0, 0.1) is 0 Å². The molecule has 0 amide bonds. The fourth-order valence-corrected chi connectivity index (χ4v) is 2.07. The summed E-state index contributed by atoms with van der Waals surface area (Å²) >= 11 is 0. The molecule has 0 aliphatic rings. The van der Waals surface area contributed by atoms with E-state index >= 15 is 0 Å². The van der Waals surface area contributed by atoms with E-state index in [1.54, 1.807) is 0 Å². The van der Waals surface area contributed by atoms with Gasteiger partial charge in [0, 0.05) is 12.8 Å². The summed E-state index contributed by atoms with van der Waals surface area (Å²) in [6, 6.07) is 10.1. The lowest BCUT2D eigenvalue weighted by Crippen LogP contribution is -2.18. The largest absolute Gasteiger partial charge is 0.313 e. The van der Waals surface area contributed by atoms with Crippen molar-refractivity contribution in [2.24, 2.45) is 0 Å². The predicted molar refractivity (Wildman–Crippen MR) is 72.7 cm³/mol. The Morgan fingerprint density at radius 1 is 1.24 bits per heavy atom. The molecule has 0 atom stereocenters. The van der Waals surface area contributed by atoms with E-state index in [0.29, 0.717) is 6.42 Å². The van der Waals surface area contributed by atoms with Gasteiger partial charge in [0.15, 0.2) is 0 Å². The average Bonchev–Trinajstić information content (AvgIpc) is 2.28. The second-order valence-corrected chi connectivity index (χ2v) is 6.26. The molecule has 1 aromatic carbocycles. The second kappa shape index (κ2) is 7.25. The van der Waals surface area contributed by atoms with Gasteiger partial charge in [-0.3, -0.25) is 0 Å². The molecule has 0 unspecified atom stereocenters. The van der Waals surface area contributed by atoms with Crippen LogP contribution in [-0.4, -0.2) is 33.5 Å². The Kier molecular flexibility index (Phi) is 5.94. The summed E-state index contributed by atoms with van der Waals surface area (Å²) in [4.78, 5) is 0.